The standard InChI is InChI=1S/C28H35N5O3/c1-7-18(3)26(21-17-29-13-11-22(21)30-8-2)35-20-9-10-23-19(15-20)12-14-33(23)27(34)31-25-16-24(36-32-25)28(4,5)6/h8-10,12,14-16,29H,7,11,13,17H2,1-6H3,(H,31,32,34)/b26-18+,30-8?. The van der Waals surface area contributed by atoms with Crippen molar-refractivity contribution in [1.82, 2.24) is 15.0 Å². The van der Waals surface area contributed by atoms with Crippen LogP contribution in [0.15, 0.2) is 68.6 Å². The van der Waals surface area contributed by atoms with Crippen LogP contribution in [0.4, 0.5) is 10.6 Å². The number of anilines is 1. The highest BCUT2D eigenvalue weighted by Gasteiger charge is 2.22. The summed E-state index contributed by atoms with van der Waals surface area (Å²) < 4.78 is 13.4. The molecule has 0 saturated carbocycles. The summed E-state index contributed by atoms with van der Waals surface area (Å²) >= 11 is 0. The van der Waals surface area contributed by atoms with Gasteiger partial charge in [0, 0.05) is 60.1 Å². The molecule has 0 spiro atoms. The highest BCUT2D eigenvalue weighted by molar-refractivity contribution is 5.98. The zero-order chi connectivity index (χ0) is 25.9. The van der Waals surface area contributed by atoms with E-state index in [4.69, 9.17) is 9.26 Å². The van der Waals surface area contributed by atoms with E-state index in [2.05, 4.69) is 34.6 Å². The van der Waals surface area contributed by atoms with E-state index < -0.39 is 0 Å². The highest BCUT2D eigenvalue weighted by Crippen LogP contribution is 2.30. The molecule has 0 atom stereocenters. The van der Waals surface area contributed by atoms with Crippen LogP contribution in [0.3, 0.4) is 0 Å². The maximum absolute atomic E-state index is 12.9. The Morgan fingerprint density at radius 2 is 2.11 bits per heavy atom. The van der Waals surface area contributed by atoms with Crippen molar-refractivity contribution in [3.63, 3.8) is 0 Å². The summed E-state index contributed by atoms with van der Waals surface area (Å²) in [6, 6.07) is 9.08. The van der Waals surface area contributed by atoms with Crippen molar-refractivity contribution in [3.8, 4) is 5.75 Å². The Kier molecular flexibility index (Phi) is 7.45. The lowest BCUT2D eigenvalue weighted by atomic mass is 9.93. The van der Waals surface area contributed by atoms with E-state index in [9.17, 15) is 4.79 Å². The Bertz CT molecular complexity index is 1350. The van der Waals surface area contributed by atoms with E-state index in [-0.39, 0.29) is 11.4 Å². The van der Waals surface area contributed by atoms with Crippen LogP contribution in [-0.4, -0.2) is 35.1 Å². The van der Waals surface area contributed by atoms with Crippen molar-refractivity contribution < 1.29 is 14.1 Å². The molecule has 1 aromatic carbocycles. The Morgan fingerprint density at radius 3 is 2.81 bits per heavy atom. The molecule has 4 rings (SSSR count). The topological polar surface area (TPSA) is 93.7 Å². The van der Waals surface area contributed by atoms with E-state index in [1.54, 1.807) is 16.8 Å². The van der Waals surface area contributed by atoms with Crippen LogP contribution in [0, 0.1) is 0 Å². The summed E-state index contributed by atoms with van der Waals surface area (Å²) in [7, 11) is 0. The van der Waals surface area contributed by atoms with Crippen molar-refractivity contribution in [2.45, 2.75) is 59.8 Å². The van der Waals surface area contributed by atoms with Crippen molar-refractivity contribution in [2.75, 3.05) is 18.4 Å². The minimum atomic E-state index is -0.310. The van der Waals surface area contributed by atoms with E-state index in [1.165, 1.54) is 0 Å². The van der Waals surface area contributed by atoms with Gasteiger partial charge in [0.15, 0.2) is 5.82 Å². The molecule has 8 heteroatoms. The Morgan fingerprint density at radius 1 is 1.31 bits per heavy atom. The number of carbonyl (C=O) groups is 1. The minimum Gasteiger partial charge on any atom is -0.457 e. The first kappa shape index (κ1) is 25.4. The summed E-state index contributed by atoms with van der Waals surface area (Å²) in [5.74, 6) is 2.67. The monoisotopic (exact) mass is 489 g/mol. The van der Waals surface area contributed by atoms with E-state index >= 15 is 0 Å². The predicted molar refractivity (Wildman–Crippen MR) is 144 cm³/mol. The van der Waals surface area contributed by atoms with Gasteiger partial charge in [0.2, 0.25) is 0 Å². The molecule has 190 valence electrons. The third-order valence-corrected chi connectivity index (χ3v) is 6.25. The largest absolute Gasteiger partial charge is 0.457 e. The number of nitrogens with one attached hydrogen (secondary N) is 2. The summed E-state index contributed by atoms with van der Waals surface area (Å²) in [5.41, 5.74) is 3.90. The molecule has 1 amide bonds. The lowest BCUT2D eigenvalue weighted by Crippen LogP contribution is -2.27. The van der Waals surface area contributed by atoms with Crippen molar-refractivity contribution in [1.29, 1.82) is 0 Å². The second-order valence-electron chi connectivity index (χ2n) is 9.97. The lowest BCUT2D eigenvalue weighted by molar-refractivity contribution is 0.254. The van der Waals surface area contributed by atoms with Crippen molar-refractivity contribution >= 4 is 29.0 Å². The van der Waals surface area contributed by atoms with Crippen LogP contribution in [0.2, 0.25) is 0 Å². The average molecular weight is 490 g/mol. The number of aromatic nitrogens is 2. The number of benzene rings is 1. The molecule has 3 aromatic rings. The molecule has 2 aromatic heterocycles. The van der Waals surface area contributed by atoms with Gasteiger partial charge in [-0.2, -0.15) is 0 Å². The van der Waals surface area contributed by atoms with Gasteiger partial charge in [0.25, 0.3) is 0 Å². The molecule has 36 heavy (non-hydrogen) atoms. The molecule has 0 aliphatic carbocycles. The van der Waals surface area contributed by atoms with Crippen LogP contribution >= 0.6 is 0 Å². The van der Waals surface area contributed by atoms with Gasteiger partial charge >= 0.3 is 6.03 Å². The van der Waals surface area contributed by atoms with Crippen LogP contribution < -0.4 is 15.4 Å². The lowest BCUT2D eigenvalue weighted by Gasteiger charge is -2.23. The molecule has 0 bridgehead atoms. The van der Waals surface area contributed by atoms with E-state index in [1.807, 2.05) is 58.2 Å². The van der Waals surface area contributed by atoms with Gasteiger partial charge in [-0.25, -0.2) is 4.79 Å². The van der Waals surface area contributed by atoms with Crippen molar-refractivity contribution in [3.05, 3.63) is 64.9 Å². The highest BCUT2D eigenvalue weighted by atomic mass is 16.5. The molecule has 1 aliphatic heterocycles. The number of allylic oxidation sites excluding steroid dienone is 1. The molecule has 8 nitrogen and oxygen atoms in total. The number of hydrogen-bond donors (Lipinski definition) is 2. The quantitative estimate of drug-likeness (QED) is 0.308. The maximum Gasteiger partial charge on any atom is 0.331 e. The first-order valence-electron chi connectivity index (χ1n) is 12.4. The molecule has 2 N–H and O–H groups in total. The van der Waals surface area contributed by atoms with Crippen LogP contribution in [0.1, 0.15) is 60.1 Å². The number of hydrogen-bond acceptors (Lipinski definition) is 6. The smallest absolute Gasteiger partial charge is 0.331 e. The number of nitrogens with zero attached hydrogens (tertiary/aromatic N) is 3. The fourth-order valence-electron chi connectivity index (χ4n) is 4.09. The number of carbonyl (C=O) groups excluding carboxylic acids is 1. The summed E-state index contributed by atoms with van der Waals surface area (Å²) in [6.45, 7) is 13.9. The van der Waals surface area contributed by atoms with Crippen molar-refractivity contribution in [2.24, 2.45) is 4.99 Å². The number of aliphatic imine (C=N–C) groups is 1. The van der Waals surface area contributed by atoms with E-state index in [0.717, 1.165) is 59.4 Å². The molecular formula is C28H35N5O3. The normalized spacial score (nSPS) is 15.5. The molecule has 0 radical (unpaired) electrons. The minimum absolute atomic E-state index is 0.191. The SMILES string of the molecule is CC=NC1=C(/C(Oc2ccc3c(ccn3C(=O)Nc3cc(C(C)(C)C)on3)c2)=C(/C)CC)CNCC1. The predicted octanol–water partition coefficient (Wildman–Crippen LogP) is 6.41. The molecule has 0 fully saturated rings. The van der Waals surface area contributed by atoms with Crippen LogP contribution in [0.5, 0.6) is 5.75 Å². The first-order chi connectivity index (χ1) is 17.2. The van der Waals surface area contributed by atoms with E-state index in [0.29, 0.717) is 17.3 Å². The van der Waals surface area contributed by atoms with Gasteiger partial charge in [0.1, 0.15) is 17.3 Å². The number of amides is 1. The first-order valence-corrected chi connectivity index (χ1v) is 12.4. The zero-order valence-corrected chi connectivity index (χ0v) is 21.9. The third kappa shape index (κ3) is 5.44. The summed E-state index contributed by atoms with van der Waals surface area (Å²) in [6.07, 6.45) is 5.32. The van der Waals surface area contributed by atoms with Gasteiger partial charge in [-0.3, -0.25) is 14.9 Å². The second-order valence-corrected chi connectivity index (χ2v) is 9.97. The third-order valence-electron chi connectivity index (χ3n) is 6.25. The Labute approximate surface area is 212 Å². The molecule has 0 saturated heterocycles. The number of ether oxygens (including phenoxy) is 1. The summed E-state index contributed by atoms with van der Waals surface area (Å²) in [5, 5.41) is 11.1. The molecular weight excluding hydrogens is 454 g/mol. The van der Waals surface area contributed by atoms with Crippen LogP contribution in [-0.2, 0) is 5.41 Å². The van der Waals surface area contributed by atoms with Gasteiger partial charge in [-0.15, -0.1) is 0 Å². The maximum atomic E-state index is 12.9. The molecule has 0 unspecified atom stereocenters. The van der Waals surface area contributed by atoms with Gasteiger partial charge in [-0.1, -0.05) is 32.9 Å². The Hall–Kier alpha value is -3.65. The van der Waals surface area contributed by atoms with Gasteiger partial charge < -0.3 is 14.6 Å². The zero-order valence-electron chi connectivity index (χ0n) is 21.9. The Balaban J connectivity index is 1.59. The molecule has 3 heterocycles. The summed E-state index contributed by atoms with van der Waals surface area (Å²) in [4.78, 5) is 17.6. The second kappa shape index (κ2) is 10.5. The fraction of sp³-hybridized carbons (Fsp3) is 0.393. The molecule has 1 aliphatic rings. The fourth-order valence-corrected chi connectivity index (χ4v) is 4.09. The number of fused-ring (bicyclic) bond motifs is 1. The van der Waals surface area contributed by atoms with Gasteiger partial charge in [0.05, 0.1) is 5.52 Å². The average Bonchev–Trinajstić information content (AvgIpc) is 3.50. The number of rotatable bonds is 6. The van der Waals surface area contributed by atoms with Crippen LogP contribution in [0.25, 0.3) is 10.9 Å². The van der Waals surface area contributed by atoms with Gasteiger partial charge in [-0.05, 0) is 50.1 Å².